The number of rotatable bonds is 9. The molecule has 0 bridgehead atoms. The summed E-state index contributed by atoms with van der Waals surface area (Å²) >= 11 is 0. The number of ketones is 1. The zero-order valence-corrected chi connectivity index (χ0v) is 16.1. The Morgan fingerprint density at radius 3 is 1.89 bits per heavy atom. The summed E-state index contributed by atoms with van der Waals surface area (Å²) in [6.45, 7) is 1.77. The minimum atomic E-state index is -4.11. The third-order valence-corrected chi connectivity index (χ3v) is 4.44. The normalized spacial score (nSPS) is 11.5. The summed E-state index contributed by atoms with van der Waals surface area (Å²) in [6.07, 6.45) is 1.31. The number of nitrogens with one attached hydrogen (secondary N) is 1. The molecule has 0 unspecified atom stereocenters. The number of Topliss-reactive ketones (excluding diaryl/α,β-unsaturated/α-hetero) is 1. The summed E-state index contributed by atoms with van der Waals surface area (Å²) in [4.78, 5) is 23.7. The fourth-order valence-electron chi connectivity index (χ4n) is 2.28. The molecule has 2 aromatic carbocycles. The van der Waals surface area contributed by atoms with Gasteiger partial charge in [-0.25, -0.2) is 0 Å². The van der Waals surface area contributed by atoms with E-state index in [0.29, 0.717) is 28.9 Å². The fraction of sp³-hybridized carbons (Fsp3) is 0.263. The molecule has 0 spiro atoms. The molecule has 0 saturated heterocycles. The Bertz CT molecular complexity index is 952. The molecule has 2 rings (SSSR count). The van der Waals surface area contributed by atoms with Gasteiger partial charge in [0.2, 0.25) is 0 Å². The molecule has 0 radical (unpaired) electrons. The van der Waals surface area contributed by atoms with Gasteiger partial charge in [-0.1, -0.05) is 6.92 Å². The van der Waals surface area contributed by atoms with E-state index in [2.05, 4.69) is 15.5 Å². The molecule has 0 aliphatic carbocycles. The molecule has 0 aliphatic heterocycles. The molecule has 0 atom stereocenters. The highest BCUT2D eigenvalue weighted by molar-refractivity contribution is 7.85. The molecule has 0 aromatic heterocycles. The summed E-state index contributed by atoms with van der Waals surface area (Å²) in [5, 5.41) is 10.6. The van der Waals surface area contributed by atoms with Gasteiger partial charge in [-0.3, -0.25) is 14.1 Å². The van der Waals surface area contributed by atoms with Gasteiger partial charge >= 0.3 is 0 Å². The molecule has 148 valence electrons. The van der Waals surface area contributed by atoms with Crippen molar-refractivity contribution in [3.63, 3.8) is 0 Å². The van der Waals surface area contributed by atoms with Gasteiger partial charge in [-0.05, 0) is 55.0 Å². The summed E-state index contributed by atoms with van der Waals surface area (Å²) in [6, 6.07) is 13.1. The smallest absolute Gasteiger partial charge is 0.266 e. The SMILES string of the molecule is CCCC(=O)c1ccc(N=Nc2ccc(C(=O)NCCS(=O)(=O)O)cc2)cc1. The molecule has 0 fully saturated rings. The number of hydrogen-bond donors (Lipinski definition) is 2. The van der Waals surface area contributed by atoms with E-state index in [4.69, 9.17) is 4.55 Å². The molecule has 8 nitrogen and oxygen atoms in total. The Morgan fingerprint density at radius 2 is 1.43 bits per heavy atom. The van der Waals surface area contributed by atoms with Crippen LogP contribution in [0.2, 0.25) is 0 Å². The van der Waals surface area contributed by atoms with Crippen LogP contribution in [-0.4, -0.2) is 37.0 Å². The van der Waals surface area contributed by atoms with Crippen LogP contribution in [0.15, 0.2) is 58.8 Å². The van der Waals surface area contributed by atoms with Gasteiger partial charge in [-0.2, -0.15) is 18.6 Å². The van der Waals surface area contributed by atoms with Crippen molar-refractivity contribution >= 4 is 33.2 Å². The zero-order valence-electron chi connectivity index (χ0n) is 15.3. The predicted octanol–water partition coefficient (Wildman–Crippen LogP) is 3.70. The van der Waals surface area contributed by atoms with E-state index in [-0.39, 0.29) is 12.3 Å². The Balaban J connectivity index is 1.94. The second kappa shape index (κ2) is 9.86. The quantitative estimate of drug-likeness (QED) is 0.375. The molecule has 0 heterocycles. The lowest BCUT2D eigenvalue weighted by molar-refractivity contribution is 0.0953. The molecular weight excluding hydrogens is 382 g/mol. The van der Waals surface area contributed by atoms with E-state index >= 15 is 0 Å². The number of hydrogen-bond acceptors (Lipinski definition) is 6. The highest BCUT2D eigenvalue weighted by Crippen LogP contribution is 2.20. The van der Waals surface area contributed by atoms with Gasteiger partial charge < -0.3 is 5.32 Å². The highest BCUT2D eigenvalue weighted by Gasteiger charge is 2.08. The van der Waals surface area contributed by atoms with E-state index in [1.54, 1.807) is 36.4 Å². The van der Waals surface area contributed by atoms with Gasteiger partial charge in [0.1, 0.15) is 0 Å². The standard InChI is InChI=1S/C19H21N3O5S/c1-2-3-18(23)14-4-8-16(9-5-14)21-22-17-10-6-15(7-11-17)19(24)20-12-13-28(25,26)27/h4-11H,2-3,12-13H2,1H3,(H,20,24)(H,25,26,27). The van der Waals surface area contributed by atoms with Gasteiger partial charge in [0.05, 0.1) is 17.1 Å². The van der Waals surface area contributed by atoms with Crippen molar-refractivity contribution in [2.24, 2.45) is 10.2 Å². The lowest BCUT2D eigenvalue weighted by atomic mass is 10.1. The molecule has 2 N–H and O–H groups in total. The first kappa shape index (κ1) is 21.4. The van der Waals surface area contributed by atoms with E-state index in [9.17, 15) is 18.0 Å². The first-order valence-electron chi connectivity index (χ1n) is 8.67. The van der Waals surface area contributed by atoms with Crippen LogP contribution in [-0.2, 0) is 10.1 Å². The van der Waals surface area contributed by atoms with Crippen molar-refractivity contribution in [3.05, 3.63) is 59.7 Å². The third kappa shape index (κ3) is 7.01. The van der Waals surface area contributed by atoms with E-state index in [1.807, 2.05) is 6.92 Å². The summed E-state index contributed by atoms with van der Waals surface area (Å²) < 4.78 is 29.9. The van der Waals surface area contributed by atoms with Crippen molar-refractivity contribution < 1.29 is 22.6 Å². The lowest BCUT2D eigenvalue weighted by Gasteiger charge is -2.04. The molecule has 9 heteroatoms. The molecule has 2 aromatic rings. The summed E-state index contributed by atoms with van der Waals surface area (Å²) in [7, 11) is -4.11. The van der Waals surface area contributed by atoms with Crippen LogP contribution < -0.4 is 5.32 Å². The maximum atomic E-state index is 11.9. The third-order valence-electron chi connectivity index (χ3n) is 3.72. The van der Waals surface area contributed by atoms with Crippen LogP contribution in [0.25, 0.3) is 0 Å². The monoisotopic (exact) mass is 403 g/mol. The maximum absolute atomic E-state index is 11.9. The lowest BCUT2D eigenvalue weighted by Crippen LogP contribution is -2.28. The number of carbonyl (C=O) groups excluding carboxylic acids is 2. The molecule has 1 amide bonds. The Morgan fingerprint density at radius 1 is 0.929 bits per heavy atom. The van der Waals surface area contributed by atoms with Crippen molar-refractivity contribution in [3.8, 4) is 0 Å². The number of carbonyl (C=O) groups is 2. The summed E-state index contributed by atoms with van der Waals surface area (Å²) in [5.74, 6) is -0.913. The van der Waals surface area contributed by atoms with E-state index in [1.165, 1.54) is 12.1 Å². The van der Waals surface area contributed by atoms with Crippen molar-refractivity contribution in [1.29, 1.82) is 0 Å². The van der Waals surface area contributed by atoms with Gasteiger partial charge in [0.15, 0.2) is 5.78 Å². The second-order valence-corrected chi connectivity index (χ2v) is 7.58. The Hall–Kier alpha value is -2.91. The van der Waals surface area contributed by atoms with Crippen LogP contribution in [0.1, 0.15) is 40.5 Å². The average Bonchev–Trinajstić information content (AvgIpc) is 2.66. The first-order valence-corrected chi connectivity index (χ1v) is 10.3. The topological polar surface area (TPSA) is 125 Å². The van der Waals surface area contributed by atoms with Crippen LogP contribution >= 0.6 is 0 Å². The maximum Gasteiger partial charge on any atom is 0.266 e. The largest absolute Gasteiger partial charge is 0.351 e. The van der Waals surface area contributed by atoms with Gasteiger partial charge in [-0.15, -0.1) is 0 Å². The number of azo groups is 1. The number of amides is 1. The zero-order chi connectivity index (χ0) is 20.6. The predicted molar refractivity (Wildman–Crippen MR) is 105 cm³/mol. The molecule has 0 aliphatic rings. The highest BCUT2D eigenvalue weighted by atomic mass is 32.2. The van der Waals surface area contributed by atoms with E-state index < -0.39 is 21.8 Å². The van der Waals surface area contributed by atoms with Crippen LogP contribution in [0.3, 0.4) is 0 Å². The van der Waals surface area contributed by atoms with Crippen LogP contribution in [0, 0.1) is 0 Å². The molecular formula is C19H21N3O5S. The molecule has 28 heavy (non-hydrogen) atoms. The first-order chi connectivity index (χ1) is 13.3. The minimum absolute atomic E-state index is 0.0939. The summed E-state index contributed by atoms with van der Waals surface area (Å²) in [5.41, 5.74) is 2.10. The molecule has 0 saturated carbocycles. The number of nitrogens with zero attached hydrogens (tertiary/aromatic N) is 2. The van der Waals surface area contributed by atoms with Crippen molar-refractivity contribution in [1.82, 2.24) is 5.32 Å². The average molecular weight is 403 g/mol. The van der Waals surface area contributed by atoms with Crippen molar-refractivity contribution in [2.75, 3.05) is 12.3 Å². The van der Waals surface area contributed by atoms with Crippen molar-refractivity contribution in [2.45, 2.75) is 19.8 Å². The minimum Gasteiger partial charge on any atom is -0.351 e. The Labute approximate surface area is 163 Å². The van der Waals surface area contributed by atoms with Gasteiger partial charge in [0, 0.05) is 24.1 Å². The van der Waals surface area contributed by atoms with Crippen LogP contribution in [0.5, 0.6) is 0 Å². The second-order valence-electron chi connectivity index (χ2n) is 6.01. The van der Waals surface area contributed by atoms with Gasteiger partial charge in [0.25, 0.3) is 16.0 Å². The number of benzene rings is 2. The fourth-order valence-corrected chi connectivity index (χ4v) is 2.64. The Kier molecular flexibility index (Phi) is 7.53. The van der Waals surface area contributed by atoms with E-state index in [0.717, 1.165) is 6.42 Å². The van der Waals surface area contributed by atoms with Crippen LogP contribution in [0.4, 0.5) is 11.4 Å².